The summed E-state index contributed by atoms with van der Waals surface area (Å²) in [6.07, 6.45) is 7.40. The monoisotopic (exact) mass is 290 g/mol. The first-order valence-electron chi connectivity index (χ1n) is 8.05. The third-order valence-electron chi connectivity index (χ3n) is 5.26. The van der Waals surface area contributed by atoms with E-state index in [9.17, 15) is 0 Å². The van der Waals surface area contributed by atoms with Gasteiger partial charge in [-0.1, -0.05) is 6.07 Å². The summed E-state index contributed by atoms with van der Waals surface area (Å²) in [6, 6.07) is 4.57. The maximum Gasteiger partial charge on any atom is 0.0881 e. The van der Waals surface area contributed by atoms with Gasteiger partial charge in [-0.25, -0.2) is 0 Å². The number of likely N-dealkylation sites (N-methyl/N-ethyl adjacent to an activating group) is 1. The molecule has 1 N–H and O–H groups in total. The van der Waals surface area contributed by atoms with Crippen LogP contribution in [0.4, 0.5) is 0 Å². The summed E-state index contributed by atoms with van der Waals surface area (Å²) in [6.45, 7) is 1.57. The molecule has 0 bridgehead atoms. The average Bonchev–Trinajstić information content (AvgIpc) is 2.56. The van der Waals surface area contributed by atoms with E-state index >= 15 is 0 Å². The fourth-order valence-electron chi connectivity index (χ4n) is 4.16. The molecule has 0 spiro atoms. The van der Waals surface area contributed by atoms with E-state index in [0.717, 1.165) is 32.5 Å². The number of aryl methyl sites for hydroxylation is 1. The van der Waals surface area contributed by atoms with E-state index in [0.29, 0.717) is 12.0 Å². The van der Waals surface area contributed by atoms with Gasteiger partial charge in [-0.2, -0.15) is 0 Å². The zero-order valence-electron chi connectivity index (χ0n) is 13.1. The van der Waals surface area contributed by atoms with Gasteiger partial charge in [-0.15, -0.1) is 0 Å². The van der Waals surface area contributed by atoms with Gasteiger partial charge in [-0.3, -0.25) is 4.98 Å². The second-order valence-corrected chi connectivity index (χ2v) is 6.19. The van der Waals surface area contributed by atoms with Crippen LogP contribution in [-0.2, 0) is 15.9 Å². The molecular formula is C17H26N2O2. The zero-order valence-corrected chi connectivity index (χ0v) is 13.1. The Morgan fingerprint density at radius 3 is 2.95 bits per heavy atom. The van der Waals surface area contributed by atoms with Crippen LogP contribution in [0.5, 0.6) is 0 Å². The van der Waals surface area contributed by atoms with Crippen LogP contribution in [0.1, 0.15) is 42.9 Å². The Morgan fingerprint density at radius 2 is 2.24 bits per heavy atom. The summed E-state index contributed by atoms with van der Waals surface area (Å²) < 4.78 is 11.6. The molecule has 21 heavy (non-hydrogen) atoms. The van der Waals surface area contributed by atoms with Crippen LogP contribution in [0.2, 0.25) is 0 Å². The maximum absolute atomic E-state index is 6.03. The van der Waals surface area contributed by atoms with Gasteiger partial charge in [0.1, 0.15) is 0 Å². The fourth-order valence-corrected chi connectivity index (χ4v) is 4.16. The van der Waals surface area contributed by atoms with E-state index in [1.165, 1.54) is 24.1 Å². The first-order chi connectivity index (χ1) is 10.3. The highest BCUT2D eigenvalue weighted by molar-refractivity contribution is 5.28. The minimum atomic E-state index is -0.135. The molecule has 1 aliphatic heterocycles. The predicted octanol–water partition coefficient (Wildman–Crippen LogP) is 2.29. The molecule has 4 heteroatoms. The van der Waals surface area contributed by atoms with Gasteiger partial charge in [0.05, 0.1) is 5.60 Å². The molecule has 1 aliphatic carbocycles. The highest BCUT2D eigenvalue weighted by Crippen LogP contribution is 2.40. The van der Waals surface area contributed by atoms with Crippen molar-refractivity contribution < 1.29 is 9.47 Å². The molecule has 2 atom stereocenters. The number of fused-ring (bicyclic) bond motifs is 1. The Bertz CT molecular complexity index is 472. The molecule has 2 heterocycles. The molecule has 0 amide bonds. The summed E-state index contributed by atoms with van der Waals surface area (Å²) in [5, 5.41) is 3.55. The number of rotatable bonds is 4. The number of hydrogen-bond acceptors (Lipinski definition) is 4. The second-order valence-electron chi connectivity index (χ2n) is 6.19. The maximum atomic E-state index is 6.03. The normalized spacial score (nSPS) is 26.1. The molecule has 1 saturated heterocycles. The summed E-state index contributed by atoms with van der Waals surface area (Å²) in [5.74, 6) is 0.429. The molecule has 0 aromatic carbocycles. The van der Waals surface area contributed by atoms with E-state index in [2.05, 4.69) is 24.5 Å². The number of nitrogens with one attached hydrogen (secondary N) is 1. The lowest BCUT2D eigenvalue weighted by atomic mass is 9.72. The van der Waals surface area contributed by atoms with E-state index in [1.54, 1.807) is 0 Å². The van der Waals surface area contributed by atoms with Crippen molar-refractivity contribution in [3.05, 3.63) is 29.6 Å². The number of aromatic nitrogens is 1. The van der Waals surface area contributed by atoms with Gasteiger partial charge >= 0.3 is 0 Å². The molecule has 4 nitrogen and oxygen atoms in total. The highest BCUT2D eigenvalue weighted by atomic mass is 16.5. The highest BCUT2D eigenvalue weighted by Gasteiger charge is 2.45. The minimum Gasteiger partial charge on any atom is -0.381 e. The second kappa shape index (κ2) is 6.42. The summed E-state index contributed by atoms with van der Waals surface area (Å²) >= 11 is 0. The fraction of sp³-hybridized carbons (Fsp3) is 0.706. The Kier molecular flexibility index (Phi) is 4.57. The predicted molar refractivity (Wildman–Crippen MR) is 82.6 cm³/mol. The number of nitrogens with zero attached hydrogens (tertiary/aromatic N) is 1. The summed E-state index contributed by atoms with van der Waals surface area (Å²) in [4.78, 5) is 4.70. The van der Waals surface area contributed by atoms with Crippen molar-refractivity contribution in [3.63, 3.8) is 0 Å². The van der Waals surface area contributed by atoms with Crippen molar-refractivity contribution >= 4 is 0 Å². The molecule has 2 aliphatic rings. The smallest absolute Gasteiger partial charge is 0.0881 e. The third kappa shape index (κ3) is 2.72. The molecule has 3 rings (SSSR count). The van der Waals surface area contributed by atoms with Crippen molar-refractivity contribution in [2.45, 2.75) is 49.7 Å². The number of hydrogen-bond donors (Lipinski definition) is 1. The van der Waals surface area contributed by atoms with Crippen molar-refractivity contribution in [2.75, 3.05) is 27.4 Å². The quantitative estimate of drug-likeness (QED) is 0.924. The standard InChI is InChI=1S/C17H26N2O2/c1-18-16(17(20-2)8-11-21-12-9-17)14-7-3-5-13-6-4-10-19-15(13)14/h4,6,10,14,16,18H,3,5,7-9,11-12H2,1-2H3. The third-order valence-corrected chi connectivity index (χ3v) is 5.26. The molecule has 0 radical (unpaired) electrons. The van der Waals surface area contributed by atoms with Crippen LogP contribution < -0.4 is 5.32 Å². The van der Waals surface area contributed by atoms with Gasteiger partial charge in [0.2, 0.25) is 0 Å². The van der Waals surface area contributed by atoms with Gasteiger partial charge in [-0.05, 0) is 37.9 Å². The topological polar surface area (TPSA) is 43.4 Å². The zero-order chi connectivity index (χ0) is 14.7. The van der Waals surface area contributed by atoms with Gasteiger partial charge in [0.25, 0.3) is 0 Å². The first kappa shape index (κ1) is 14.9. The van der Waals surface area contributed by atoms with Crippen molar-refractivity contribution in [1.29, 1.82) is 0 Å². The van der Waals surface area contributed by atoms with Crippen molar-refractivity contribution in [2.24, 2.45) is 0 Å². The Hall–Kier alpha value is -0.970. The van der Waals surface area contributed by atoms with Crippen LogP contribution in [0.3, 0.4) is 0 Å². The lowest BCUT2D eigenvalue weighted by Gasteiger charge is -2.46. The summed E-state index contributed by atoms with van der Waals surface area (Å²) in [7, 11) is 3.90. The molecule has 1 aromatic rings. The average molecular weight is 290 g/mol. The van der Waals surface area contributed by atoms with Crippen LogP contribution in [-0.4, -0.2) is 44.0 Å². The number of methoxy groups -OCH3 is 1. The van der Waals surface area contributed by atoms with E-state index in [1.807, 2.05) is 13.3 Å². The van der Waals surface area contributed by atoms with Crippen molar-refractivity contribution in [3.8, 4) is 0 Å². The lowest BCUT2D eigenvalue weighted by Crippen LogP contribution is -2.57. The lowest BCUT2D eigenvalue weighted by molar-refractivity contribution is -0.114. The van der Waals surface area contributed by atoms with Crippen LogP contribution in [0.25, 0.3) is 0 Å². The van der Waals surface area contributed by atoms with Crippen LogP contribution in [0.15, 0.2) is 18.3 Å². The van der Waals surface area contributed by atoms with Gasteiger partial charge < -0.3 is 14.8 Å². The van der Waals surface area contributed by atoms with Crippen LogP contribution in [0, 0.1) is 0 Å². The molecule has 0 saturated carbocycles. The first-order valence-corrected chi connectivity index (χ1v) is 8.05. The molecule has 1 aromatic heterocycles. The molecule has 116 valence electrons. The molecule has 1 fully saturated rings. The van der Waals surface area contributed by atoms with E-state index in [-0.39, 0.29) is 5.60 Å². The Labute approximate surface area is 127 Å². The van der Waals surface area contributed by atoms with Gasteiger partial charge in [0.15, 0.2) is 0 Å². The molecular weight excluding hydrogens is 264 g/mol. The minimum absolute atomic E-state index is 0.135. The van der Waals surface area contributed by atoms with Crippen molar-refractivity contribution in [1.82, 2.24) is 10.3 Å². The van der Waals surface area contributed by atoms with E-state index < -0.39 is 0 Å². The SMILES string of the molecule is CNC(C1CCCc2cccnc21)C1(OC)CCOCC1. The summed E-state index contributed by atoms with van der Waals surface area (Å²) in [5.41, 5.74) is 2.54. The Balaban J connectivity index is 1.93. The Morgan fingerprint density at radius 1 is 1.43 bits per heavy atom. The number of ether oxygens (including phenoxy) is 2. The van der Waals surface area contributed by atoms with Crippen LogP contribution >= 0.6 is 0 Å². The molecule has 2 unspecified atom stereocenters. The van der Waals surface area contributed by atoms with E-state index in [4.69, 9.17) is 14.5 Å². The number of pyridine rings is 1. The largest absolute Gasteiger partial charge is 0.381 e. The van der Waals surface area contributed by atoms with Gasteiger partial charge in [0, 0.05) is 57.0 Å².